The molecule has 0 radical (unpaired) electrons. The molecule has 0 fully saturated rings. The molecule has 4 aromatic rings. The van der Waals surface area contributed by atoms with Crippen LogP contribution < -0.4 is 5.01 Å². The van der Waals surface area contributed by atoms with E-state index in [9.17, 15) is 14.7 Å². The summed E-state index contributed by atoms with van der Waals surface area (Å²) >= 11 is 18.4. The van der Waals surface area contributed by atoms with Gasteiger partial charge in [0.15, 0.2) is 0 Å². The Morgan fingerprint density at radius 2 is 1.76 bits per heavy atom. The van der Waals surface area contributed by atoms with Gasteiger partial charge in [0.25, 0.3) is 5.91 Å². The van der Waals surface area contributed by atoms with E-state index in [4.69, 9.17) is 39.9 Å². The molecule has 190 valence electrons. The molecule has 0 spiro atoms. The van der Waals surface area contributed by atoms with Crippen LogP contribution in [0.1, 0.15) is 28.4 Å². The third-order valence-electron chi connectivity index (χ3n) is 5.97. The van der Waals surface area contributed by atoms with Crippen molar-refractivity contribution < 1.29 is 14.7 Å². The SMILES string of the molecule is CC1=NN(c2ccc(Cl)c(C(=O)O)c2)C(=O)/C1=C\c1cn(Cc2ccc(Cl)cc2Cl)nc1-c1ccccc1. The second-order valence-corrected chi connectivity index (χ2v) is 9.81. The largest absolute Gasteiger partial charge is 0.478 e. The molecule has 0 bridgehead atoms. The first-order chi connectivity index (χ1) is 18.2. The summed E-state index contributed by atoms with van der Waals surface area (Å²) in [6.45, 7) is 2.12. The number of anilines is 1. The molecule has 0 atom stereocenters. The van der Waals surface area contributed by atoms with Crippen LogP contribution >= 0.6 is 34.8 Å². The lowest BCUT2D eigenvalue weighted by Gasteiger charge is -2.13. The number of aromatic carboxylic acids is 1. The number of carboxylic acids is 1. The predicted octanol–water partition coefficient (Wildman–Crippen LogP) is 7.06. The van der Waals surface area contributed by atoms with E-state index < -0.39 is 11.9 Å². The van der Waals surface area contributed by atoms with Crippen LogP contribution in [0.2, 0.25) is 15.1 Å². The number of rotatable bonds is 6. The molecular formula is C28H19Cl3N4O3. The second kappa shape index (κ2) is 10.5. The van der Waals surface area contributed by atoms with E-state index in [1.165, 1.54) is 17.1 Å². The van der Waals surface area contributed by atoms with Gasteiger partial charge in [-0.25, -0.2) is 4.79 Å². The molecule has 1 N–H and O–H groups in total. The van der Waals surface area contributed by atoms with Crippen LogP contribution in [-0.4, -0.2) is 32.5 Å². The van der Waals surface area contributed by atoms with Crippen LogP contribution in [0.3, 0.4) is 0 Å². The first-order valence-electron chi connectivity index (χ1n) is 11.4. The van der Waals surface area contributed by atoms with Gasteiger partial charge in [-0.3, -0.25) is 9.48 Å². The third kappa shape index (κ3) is 5.09. The second-order valence-electron chi connectivity index (χ2n) is 8.56. The Morgan fingerprint density at radius 3 is 2.47 bits per heavy atom. The maximum Gasteiger partial charge on any atom is 0.337 e. The number of hydrogen-bond donors (Lipinski definition) is 1. The van der Waals surface area contributed by atoms with E-state index in [1.54, 1.807) is 35.9 Å². The minimum absolute atomic E-state index is 0.0741. The molecule has 0 unspecified atom stereocenters. The number of hydrogen-bond acceptors (Lipinski definition) is 4. The molecule has 0 aliphatic carbocycles. The molecular weight excluding hydrogens is 547 g/mol. The van der Waals surface area contributed by atoms with Crippen molar-refractivity contribution in [2.45, 2.75) is 13.5 Å². The number of halogens is 3. The van der Waals surface area contributed by atoms with Crippen LogP contribution in [0.25, 0.3) is 17.3 Å². The van der Waals surface area contributed by atoms with E-state index in [-0.39, 0.29) is 10.6 Å². The molecule has 1 aliphatic heterocycles. The Hall–Kier alpha value is -3.91. The van der Waals surface area contributed by atoms with Gasteiger partial charge < -0.3 is 5.11 Å². The Bertz CT molecular complexity index is 1640. The van der Waals surface area contributed by atoms with Crippen molar-refractivity contribution in [3.05, 3.63) is 110 Å². The maximum absolute atomic E-state index is 13.4. The van der Waals surface area contributed by atoms with Gasteiger partial charge in [0.1, 0.15) is 0 Å². The Morgan fingerprint density at radius 1 is 1.00 bits per heavy atom. The molecule has 2 heterocycles. The highest BCUT2D eigenvalue weighted by Gasteiger charge is 2.30. The van der Waals surface area contributed by atoms with Crippen molar-refractivity contribution in [3.63, 3.8) is 0 Å². The molecule has 0 saturated carbocycles. The van der Waals surface area contributed by atoms with Gasteiger partial charge in [0, 0.05) is 27.4 Å². The Kier molecular flexibility index (Phi) is 7.08. The molecule has 5 rings (SSSR count). The summed E-state index contributed by atoms with van der Waals surface area (Å²) in [5.41, 5.74) is 4.14. The van der Waals surface area contributed by atoms with Crippen molar-refractivity contribution >= 4 is 64.2 Å². The van der Waals surface area contributed by atoms with Gasteiger partial charge in [0.05, 0.1) is 39.8 Å². The van der Waals surface area contributed by atoms with Crippen molar-refractivity contribution in [2.75, 3.05) is 5.01 Å². The quantitative estimate of drug-likeness (QED) is 0.253. The Balaban J connectivity index is 1.54. The summed E-state index contributed by atoms with van der Waals surface area (Å²) < 4.78 is 1.76. The number of carbonyl (C=O) groups excluding carboxylic acids is 1. The minimum Gasteiger partial charge on any atom is -0.478 e. The summed E-state index contributed by atoms with van der Waals surface area (Å²) in [7, 11) is 0. The van der Waals surface area contributed by atoms with Crippen molar-refractivity contribution in [1.29, 1.82) is 0 Å². The van der Waals surface area contributed by atoms with Crippen molar-refractivity contribution in [3.8, 4) is 11.3 Å². The highest BCUT2D eigenvalue weighted by Crippen LogP contribution is 2.31. The predicted molar refractivity (Wildman–Crippen MR) is 150 cm³/mol. The molecule has 1 aromatic heterocycles. The topological polar surface area (TPSA) is 87.8 Å². The smallest absolute Gasteiger partial charge is 0.337 e. The van der Waals surface area contributed by atoms with Crippen LogP contribution in [0.4, 0.5) is 5.69 Å². The molecule has 1 amide bonds. The average Bonchev–Trinajstić information content (AvgIpc) is 3.42. The number of aromatic nitrogens is 2. The van der Waals surface area contributed by atoms with Crippen molar-refractivity contribution in [1.82, 2.24) is 9.78 Å². The Labute approximate surface area is 233 Å². The van der Waals surface area contributed by atoms with E-state index >= 15 is 0 Å². The molecule has 3 aromatic carbocycles. The van der Waals surface area contributed by atoms with Gasteiger partial charge in [-0.05, 0) is 48.9 Å². The maximum atomic E-state index is 13.4. The van der Waals surface area contributed by atoms with Crippen LogP contribution in [0.5, 0.6) is 0 Å². The standard InChI is InChI=1S/C28H19Cl3N4O3/c1-16-22(27(36)35(32-16)21-9-10-24(30)23(13-21)28(37)38)11-19-15-34(14-18-7-8-20(29)12-25(18)31)33-26(19)17-5-3-2-4-6-17/h2-13,15H,14H2,1H3,(H,37,38)/b22-11-. The van der Waals surface area contributed by atoms with Gasteiger partial charge in [-0.15, -0.1) is 0 Å². The lowest BCUT2D eigenvalue weighted by molar-refractivity contribution is -0.114. The highest BCUT2D eigenvalue weighted by molar-refractivity contribution is 6.35. The van der Waals surface area contributed by atoms with Gasteiger partial charge in [-0.1, -0.05) is 71.2 Å². The summed E-state index contributed by atoms with van der Waals surface area (Å²) in [4.78, 5) is 24.9. The van der Waals surface area contributed by atoms with E-state index in [0.717, 1.165) is 11.1 Å². The number of hydrazone groups is 1. The van der Waals surface area contributed by atoms with Crippen molar-refractivity contribution in [2.24, 2.45) is 5.10 Å². The zero-order valence-electron chi connectivity index (χ0n) is 19.9. The number of amides is 1. The molecule has 7 nitrogen and oxygen atoms in total. The van der Waals surface area contributed by atoms with Gasteiger partial charge in [0.2, 0.25) is 0 Å². The first-order valence-corrected chi connectivity index (χ1v) is 12.6. The van der Waals surface area contributed by atoms with E-state index in [0.29, 0.717) is 44.8 Å². The summed E-state index contributed by atoms with van der Waals surface area (Å²) in [5, 5.41) is 20.9. The molecule has 0 saturated heterocycles. The zero-order chi connectivity index (χ0) is 27.0. The monoisotopic (exact) mass is 564 g/mol. The van der Waals surface area contributed by atoms with Crippen LogP contribution in [-0.2, 0) is 11.3 Å². The number of nitrogens with zero attached hydrogens (tertiary/aromatic N) is 4. The lowest BCUT2D eigenvalue weighted by Crippen LogP contribution is -2.21. The van der Waals surface area contributed by atoms with Crippen LogP contribution in [0.15, 0.2) is 83.6 Å². The van der Waals surface area contributed by atoms with E-state index in [2.05, 4.69) is 5.10 Å². The van der Waals surface area contributed by atoms with E-state index in [1.807, 2.05) is 42.6 Å². The number of benzene rings is 3. The zero-order valence-corrected chi connectivity index (χ0v) is 22.2. The fraction of sp³-hybridized carbons (Fsp3) is 0.0714. The molecule has 1 aliphatic rings. The van der Waals surface area contributed by atoms with Crippen LogP contribution in [0, 0.1) is 0 Å². The summed E-state index contributed by atoms with van der Waals surface area (Å²) in [5.74, 6) is -1.59. The fourth-order valence-electron chi connectivity index (χ4n) is 4.09. The lowest BCUT2D eigenvalue weighted by atomic mass is 10.0. The average molecular weight is 566 g/mol. The fourth-order valence-corrected chi connectivity index (χ4v) is 4.76. The number of carboxylic acid groups (broad SMARTS) is 1. The van der Waals surface area contributed by atoms with Gasteiger partial charge >= 0.3 is 5.97 Å². The summed E-state index contributed by atoms with van der Waals surface area (Å²) in [6.07, 6.45) is 3.58. The molecule has 10 heteroatoms. The molecule has 38 heavy (non-hydrogen) atoms. The highest BCUT2D eigenvalue weighted by atomic mass is 35.5. The minimum atomic E-state index is -1.19. The third-order valence-corrected chi connectivity index (χ3v) is 6.89. The first kappa shape index (κ1) is 25.7. The van der Waals surface area contributed by atoms with Gasteiger partial charge in [-0.2, -0.15) is 15.2 Å². The summed E-state index contributed by atoms with van der Waals surface area (Å²) in [6, 6.07) is 19.2. The normalized spacial score (nSPS) is 14.3. The number of carbonyl (C=O) groups is 2.